The lowest BCUT2D eigenvalue weighted by atomic mass is 10.2. The summed E-state index contributed by atoms with van der Waals surface area (Å²) in [5, 5.41) is 25.1. The Hall–Kier alpha value is -3.27. The third-order valence-electron chi connectivity index (χ3n) is 3.66. The molecule has 1 heterocycles. The van der Waals surface area contributed by atoms with Gasteiger partial charge in [0.05, 0.1) is 15.9 Å². The summed E-state index contributed by atoms with van der Waals surface area (Å²) in [5.74, 6) is -0.306. The molecule has 1 aromatic heterocycles. The van der Waals surface area contributed by atoms with E-state index in [2.05, 4.69) is 20.8 Å². The van der Waals surface area contributed by atoms with Crippen molar-refractivity contribution < 1.29 is 9.72 Å². The van der Waals surface area contributed by atoms with E-state index in [0.29, 0.717) is 10.8 Å². The van der Waals surface area contributed by atoms with Gasteiger partial charge in [0.15, 0.2) is 0 Å². The van der Waals surface area contributed by atoms with Crippen molar-refractivity contribution in [1.29, 1.82) is 0 Å². The molecule has 1 unspecified atom stereocenters. The molecule has 3 aromatic rings. The van der Waals surface area contributed by atoms with Crippen molar-refractivity contribution in [3.63, 3.8) is 0 Å². The number of nitro benzene ring substituents is 1. The maximum Gasteiger partial charge on any atom is 0.271 e. The van der Waals surface area contributed by atoms with E-state index >= 15 is 0 Å². The van der Waals surface area contributed by atoms with Crippen LogP contribution in [0.3, 0.4) is 0 Å². The van der Waals surface area contributed by atoms with Gasteiger partial charge in [0.1, 0.15) is 0 Å². The SMILES string of the molecule is Cc1cccc(-n2nnnc2SC(C)C(=O)Nc2cccc([N+](=O)[O-])c2)c1. The van der Waals surface area contributed by atoms with E-state index in [4.69, 9.17) is 0 Å². The minimum Gasteiger partial charge on any atom is -0.325 e. The number of nitrogens with one attached hydrogen (secondary N) is 1. The van der Waals surface area contributed by atoms with Gasteiger partial charge in [-0.2, -0.15) is 4.68 Å². The van der Waals surface area contributed by atoms with Crippen LogP contribution in [-0.4, -0.2) is 36.3 Å². The van der Waals surface area contributed by atoms with Gasteiger partial charge in [-0.1, -0.05) is 30.0 Å². The number of rotatable bonds is 6. The first-order valence-electron chi connectivity index (χ1n) is 8.01. The lowest BCUT2D eigenvalue weighted by Gasteiger charge is -2.12. The molecule has 0 spiro atoms. The fourth-order valence-electron chi connectivity index (χ4n) is 2.33. The molecule has 138 valence electrons. The Bertz CT molecular complexity index is 990. The van der Waals surface area contributed by atoms with Gasteiger partial charge in [0.25, 0.3) is 5.69 Å². The number of hydrogen-bond acceptors (Lipinski definition) is 7. The summed E-state index contributed by atoms with van der Waals surface area (Å²) in [4.78, 5) is 22.8. The first-order valence-corrected chi connectivity index (χ1v) is 8.89. The number of tetrazole rings is 1. The van der Waals surface area contributed by atoms with Crippen molar-refractivity contribution in [1.82, 2.24) is 20.2 Å². The number of benzene rings is 2. The number of carbonyl (C=O) groups is 1. The van der Waals surface area contributed by atoms with Crippen molar-refractivity contribution in [2.45, 2.75) is 24.3 Å². The summed E-state index contributed by atoms with van der Waals surface area (Å²) in [5.41, 5.74) is 2.14. The topological polar surface area (TPSA) is 116 Å². The van der Waals surface area contributed by atoms with Crippen LogP contribution in [0.5, 0.6) is 0 Å². The fourth-order valence-corrected chi connectivity index (χ4v) is 3.13. The van der Waals surface area contributed by atoms with Crippen LogP contribution in [0, 0.1) is 17.0 Å². The van der Waals surface area contributed by atoms with Crippen LogP contribution in [0.2, 0.25) is 0 Å². The van der Waals surface area contributed by atoms with E-state index < -0.39 is 10.2 Å². The molecule has 0 saturated carbocycles. The van der Waals surface area contributed by atoms with Gasteiger partial charge in [-0.25, -0.2) is 0 Å². The van der Waals surface area contributed by atoms with Crippen molar-refractivity contribution in [2.75, 3.05) is 5.32 Å². The lowest BCUT2D eigenvalue weighted by Crippen LogP contribution is -2.23. The third-order valence-corrected chi connectivity index (χ3v) is 4.70. The largest absolute Gasteiger partial charge is 0.325 e. The zero-order valence-corrected chi connectivity index (χ0v) is 15.4. The number of aromatic nitrogens is 4. The second kappa shape index (κ2) is 7.96. The normalized spacial score (nSPS) is 11.8. The van der Waals surface area contributed by atoms with E-state index in [0.717, 1.165) is 11.3 Å². The Morgan fingerprint density at radius 3 is 2.78 bits per heavy atom. The minimum absolute atomic E-state index is 0.0866. The predicted molar refractivity (Wildman–Crippen MR) is 101 cm³/mol. The summed E-state index contributed by atoms with van der Waals surface area (Å²) in [7, 11) is 0. The van der Waals surface area contributed by atoms with Crippen LogP contribution in [0.4, 0.5) is 11.4 Å². The first-order chi connectivity index (χ1) is 12.9. The second-order valence-corrected chi connectivity index (χ2v) is 7.08. The maximum absolute atomic E-state index is 12.4. The summed E-state index contributed by atoms with van der Waals surface area (Å²) >= 11 is 1.20. The Labute approximate surface area is 158 Å². The Morgan fingerprint density at radius 2 is 2.04 bits per heavy atom. The zero-order chi connectivity index (χ0) is 19.4. The number of non-ortho nitro benzene ring substituents is 1. The van der Waals surface area contributed by atoms with Crippen LogP contribution in [0.25, 0.3) is 5.69 Å². The number of nitro groups is 1. The predicted octanol–water partition coefficient (Wildman–Crippen LogP) is 3.00. The molecule has 10 heteroatoms. The van der Waals surface area contributed by atoms with Crippen LogP contribution in [-0.2, 0) is 4.79 Å². The zero-order valence-electron chi connectivity index (χ0n) is 14.6. The number of hydrogen-bond donors (Lipinski definition) is 1. The third kappa shape index (κ3) is 4.47. The number of anilines is 1. The molecule has 0 radical (unpaired) electrons. The average Bonchev–Trinajstić information content (AvgIpc) is 3.10. The number of amides is 1. The minimum atomic E-state index is -0.515. The molecule has 27 heavy (non-hydrogen) atoms. The standard InChI is InChI=1S/C17H16N6O3S/c1-11-5-3-7-14(9-11)22-17(19-20-21-22)27-12(2)16(24)18-13-6-4-8-15(10-13)23(25)26/h3-10,12H,1-2H3,(H,18,24). The maximum atomic E-state index is 12.4. The van der Waals surface area contributed by atoms with E-state index in [-0.39, 0.29) is 11.6 Å². The molecular formula is C17H16N6O3S. The molecule has 0 fully saturated rings. The Balaban J connectivity index is 1.72. The van der Waals surface area contributed by atoms with Crippen molar-refractivity contribution >= 4 is 29.0 Å². The van der Waals surface area contributed by atoms with Gasteiger partial charge < -0.3 is 5.32 Å². The number of carbonyl (C=O) groups excluding carboxylic acids is 1. The van der Waals surface area contributed by atoms with Crippen LogP contribution in [0.15, 0.2) is 53.7 Å². The molecule has 1 amide bonds. The summed E-state index contributed by atoms with van der Waals surface area (Å²) in [6.07, 6.45) is 0. The van der Waals surface area contributed by atoms with Crippen molar-refractivity contribution in [2.24, 2.45) is 0 Å². The fraction of sp³-hybridized carbons (Fsp3) is 0.176. The molecule has 0 aliphatic heterocycles. The summed E-state index contributed by atoms with van der Waals surface area (Å²) in [6.45, 7) is 3.68. The highest BCUT2D eigenvalue weighted by molar-refractivity contribution is 8.00. The first kappa shape index (κ1) is 18.5. The van der Waals surface area contributed by atoms with Gasteiger partial charge in [-0.05, 0) is 48.0 Å². The van der Waals surface area contributed by atoms with Gasteiger partial charge in [0.2, 0.25) is 11.1 Å². The lowest BCUT2D eigenvalue weighted by molar-refractivity contribution is -0.384. The average molecular weight is 384 g/mol. The Kier molecular flexibility index (Phi) is 5.46. The van der Waals surface area contributed by atoms with Crippen molar-refractivity contribution in [3.8, 4) is 5.69 Å². The molecule has 1 atom stereocenters. The van der Waals surface area contributed by atoms with Crippen LogP contribution in [0.1, 0.15) is 12.5 Å². The number of aryl methyl sites for hydroxylation is 1. The highest BCUT2D eigenvalue weighted by atomic mass is 32.2. The molecule has 0 aliphatic carbocycles. The van der Waals surface area contributed by atoms with Crippen LogP contribution >= 0.6 is 11.8 Å². The van der Waals surface area contributed by atoms with E-state index in [1.807, 2.05) is 31.2 Å². The molecule has 0 saturated heterocycles. The summed E-state index contributed by atoms with van der Waals surface area (Å²) in [6, 6.07) is 13.5. The van der Waals surface area contributed by atoms with Gasteiger partial charge in [-0.3, -0.25) is 14.9 Å². The van der Waals surface area contributed by atoms with Crippen LogP contribution < -0.4 is 5.32 Å². The van der Waals surface area contributed by atoms with Crippen molar-refractivity contribution in [3.05, 3.63) is 64.2 Å². The molecule has 0 bridgehead atoms. The number of thioether (sulfide) groups is 1. The van der Waals surface area contributed by atoms with Gasteiger partial charge in [-0.15, -0.1) is 5.10 Å². The molecule has 1 N–H and O–H groups in total. The number of nitrogens with zero attached hydrogens (tertiary/aromatic N) is 5. The monoisotopic (exact) mass is 384 g/mol. The molecule has 2 aromatic carbocycles. The van der Waals surface area contributed by atoms with Gasteiger partial charge >= 0.3 is 0 Å². The molecule has 0 aliphatic rings. The van der Waals surface area contributed by atoms with E-state index in [9.17, 15) is 14.9 Å². The van der Waals surface area contributed by atoms with Gasteiger partial charge in [0, 0.05) is 17.8 Å². The molecule has 9 nitrogen and oxygen atoms in total. The Morgan fingerprint density at radius 1 is 1.26 bits per heavy atom. The summed E-state index contributed by atoms with van der Waals surface area (Å²) < 4.78 is 1.56. The second-order valence-electron chi connectivity index (χ2n) is 5.77. The van der Waals surface area contributed by atoms with E-state index in [1.54, 1.807) is 17.7 Å². The van der Waals surface area contributed by atoms with E-state index in [1.165, 1.54) is 30.0 Å². The molecule has 3 rings (SSSR count). The highest BCUT2D eigenvalue weighted by Gasteiger charge is 2.20. The quantitative estimate of drug-likeness (QED) is 0.394. The smallest absolute Gasteiger partial charge is 0.271 e. The highest BCUT2D eigenvalue weighted by Crippen LogP contribution is 2.25. The molecular weight excluding hydrogens is 368 g/mol.